The summed E-state index contributed by atoms with van der Waals surface area (Å²) in [6, 6.07) is 4.38. The van der Waals surface area contributed by atoms with Crippen LogP contribution in [0, 0.1) is 23.0 Å². The third kappa shape index (κ3) is 2.72. The molecule has 0 heterocycles. The number of alkyl halides is 1. The number of rotatable bonds is 3. The van der Waals surface area contributed by atoms with E-state index in [0.717, 1.165) is 12.1 Å². The lowest BCUT2D eigenvalue weighted by Gasteiger charge is -2.15. The van der Waals surface area contributed by atoms with E-state index >= 15 is 0 Å². The molecule has 0 fully saturated rings. The first-order valence-corrected chi connectivity index (χ1v) is 4.55. The third-order valence-electron chi connectivity index (χ3n) is 2.25. The van der Waals surface area contributed by atoms with Gasteiger partial charge in [-0.1, -0.05) is 13.0 Å². The van der Waals surface area contributed by atoms with E-state index in [-0.39, 0.29) is 18.4 Å². The van der Waals surface area contributed by atoms with Gasteiger partial charge in [0.2, 0.25) is 0 Å². The Hall–Kier alpha value is -1.50. The van der Waals surface area contributed by atoms with Crippen LogP contribution < -0.4 is 0 Å². The first-order chi connectivity index (χ1) is 7.00. The smallest absolute Gasteiger partial charge is 0.200 e. The van der Waals surface area contributed by atoms with Crippen LogP contribution in [0.4, 0.5) is 13.2 Å². The molecule has 0 aliphatic carbocycles. The molecule has 0 radical (unpaired) electrons. The van der Waals surface area contributed by atoms with Crippen LogP contribution in [0.5, 0.6) is 0 Å². The summed E-state index contributed by atoms with van der Waals surface area (Å²) in [4.78, 5) is 0. The molecule has 0 aromatic heterocycles. The lowest BCUT2D eigenvalue weighted by molar-refractivity contribution is 0.229. The Morgan fingerprint density at radius 3 is 2.53 bits per heavy atom. The van der Waals surface area contributed by atoms with Crippen LogP contribution in [-0.4, -0.2) is 5.67 Å². The monoisotopic (exact) mass is 213 g/mol. The molecule has 1 atom stereocenters. The zero-order chi connectivity index (χ0) is 11.5. The Bertz CT molecular complexity index is 397. The molecule has 1 nitrogen and oxygen atoms in total. The topological polar surface area (TPSA) is 23.8 Å². The first-order valence-electron chi connectivity index (χ1n) is 4.55. The van der Waals surface area contributed by atoms with Gasteiger partial charge in [-0.05, 0) is 18.1 Å². The summed E-state index contributed by atoms with van der Waals surface area (Å²) < 4.78 is 39.3. The van der Waals surface area contributed by atoms with Gasteiger partial charge in [-0.2, -0.15) is 5.26 Å². The molecule has 1 unspecified atom stereocenters. The summed E-state index contributed by atoms with van der Waals surface area (Å²) in [5.74, 6) is -1.53. The Labute approximate surface area is 86.1 Å². The predicted octanol–water partition coefficient (Wildman–Crippen LogP) is 3.15. The van der Waals surface area contributed by atoms with Crippen LogP contribution in [0.1, 0.15) is 18.9 Å². The molecule has 0 saturated carbocycles. The zero-order valence-electron chi connectivity index (χ0n) is 8.23. The SMILES string of the molecule is CCC(F)(C#N)Cc1ccc(F)cc1F. The molecule has 1 rings (SSSR count). The van der Waals surface area contributed by atoms with E-state index in [2.05, 4.69) is 0 Å². The molecule has 80 valence electrons. The van der Waals surface area contributed by atoms with Gasteiger partial charge < -0.3 is 0 Å². The maximum atomic E-state index is 13.6. The van der Waals surface area contributed by atoms with Gasteiger partial charge in [0.15, 0.2) is 5.67 Å². The Kier molecular flexibility index (Phi) is 3.35. The van der Waals surface area contributed by atoms with Gasteiger partial charge in [-0.3, -0.25) is 0 Å². The minimum atomic E-state index is -2.08. The normalized spacial score (nSPS) is 14.3. The fourth-order valence-electron chi connectivity index (χ4n) is 1.21. The lowest BCUT2D eigenvalue weighted by atomic mass is 9.95. The minimum absolute atomic E-state index is 0.0160. The molecule has 15 heavy (non-hydrogen) atoms. The second-order valence-electron chi connectivity index (χ2n) is 3.34. The molecule has 0 N–H and O–H groups in total. The maximum Gasteiger partial charge on any atom is 0.200 e. The number of nitrogens with zero attached hydrogens (tertiary/aromatic N) is 1. The average Bonchev–Trinajstić information content (AvgIpc) is 2.22. The molecular formula is C11H10F3N. The highest BCUT2D eigenvalue weighted by Crippen LogP contribution is 2.23. The van der Waals surface area contributed by atoms with Gasteiger partial charge in [-0.15, -0.1) is 0 Å². The summed E-state index contributed by atoms with van der Waals surface area (Å²) in [6.45, 7) is 1.50. The molecule has 0 bridgehead atoms. The van der Waals surface area contributed by atoms with Crippen molar-refractivity contribution in [3.05, 3.63) is 35.4 Å². The van der Waals surface area contributed by atoms with E-state index in [1.54, 1.807) is 0 Å². The van der Waals surface area contributed by atoms with Crippen LogP contribution in [0.25, 0.3) is 0 Å². The van der Waals surface area contributed by atoms with Crippen molar-refractivity contribution in [1.29, 1.82) is 5.26 Å². The van der Waals surface area contributed by atoms with Gasteiger partial charge in [-0.25, -0.2) is 13.2 Å². The molecule has 0 aliphatic rings. The van der Waals surface area contributed by atoms with E-state index in [0.29, 0.717) is 6.07 Å². The van der Waals surface area contributed by atoms with Crippen molar-refractivity contribution in [1.82, 2.24) is 0 Å². The van der Waals surface area contributed by atoms with E-state index in [9.17, 15) is 13.2 Å². The van der Waals surface area contributed by atoms with Gasteiger partial charge in [0.1, 0.15) is 17.7 Å². The predicted molar refractivity (Wildman–Crippen MR) is 49.8 cm³/mol. The lowest BCUT2D eigenvalue weighted by Crippen LogP contribution is -2.23. The van der Waals surface area contributed by atoms with Gasteiger partial charge in [0, 0.05) is 12.5 Å². The van der Waals surface area contributed by atoms with Crippen molar-refractivity contribution in [2.45, 2.75) is 25.4 Å². The van der Waals surface area contributed by atoms with Crippen LogP contribution in [0.2, 0.25) is 0 Å². The first kappa shape index (κ1) is 11.6. The Balaban J connectivity index is 2.95. The zero-order valence-corrected chi connectivity index (χ0v) is 8.23. The molecule has 0 amide bonds. The highest BCUT2D eigenvalue weighted by molar-refractivity contribution is 5.23. The number of benzene rings is 1. The fraction of sp³-hybridized carbons (Fsp3) is 0.364. The van der Waals surface area contributed by atoms with Crippen molar-refractivity contribution in [2.75, 3.05) is 0 Å². The van der Waals surface area contributed by atoms with Crippen LogP contribution in [0.15, 0.2) is 18.2 Å². The number of nitriles is 1. The van der Waals surface area contributed by atoms with Gasteiger partial charge >= 0.3 is 0 Å². The number of hydrogen-bond donors (Lipinski definition) is 0. The van der Waals surface area contributed by atoms with Crippen molar-refractivity contribution >= 4 is 0 Å². The van der Waals surface area contributed by atoms with E-state index in [4.69, 9.17) is 5.26 Å². The van der Waals surface area contributed by atoms with E-state index in [1.807, 2.05) is 0 Å². The molecule has 1 aromatic rings. The highest BCUT2D eigenvalue weighted by atomic mass is 19.1. The van der Waals surface area contributed by atoms with Crippen molar-refractivity contribution in [3.8, 4) is 6.07 Å². The van der Waals surface area contributed by atoms with Crippen molar-refractivity contribution in [2.24, 2.45) is 0 Å². The standard InChI is InChI=1S/C11H10F3N/c1-2-11(14,7-15)6-8-3-4-9(12)5-10(8)13/h3-5H,2,6H2,1H3. The average molecular weight is 213 g/mol. The summed E-state index contributed by atoms with van der Waals surface area (Å²) in [5.41, 5.74) is -2.07. The van der Waals surface area contributed by atoms with Crippen LogP contribution >= 0.6 is 0 Å². The quantitative estimate of drug-likeness (QED) is 0.756. The maximum absolute atomic E-state index is 13.6. The number of hydrogen-bond acceptors (Lipinski definition) is 1. The Morgan fingerprint density at radius 1 is 1.40 bits per heavy atom. The molecule has 0 saturated heterocycles. The molecular weight excluding hydrogens is 203 g/mol. The Morgan fingerprint density at radius 2 is 2.07 bits per heavy atom. The molecule has 0 aliphatic heterocycles. The van der Waals surface area contributed by atoms with E-state index < -0.39 is 17.3 Å². The van der Waals surface area contributed by atoms with Crippen LogP contribution in [0.3, 0.4) is 0 Å². The van der Waals surface area contributed by atoms with Gasteiger partial charge in [0.05, 0.1) is 0 Å². The second-order valence-corrected chi connectivity index (χ2v) is 3.34. The van der Waals surface area contributed by atoms with Gasteiger partial charge in [0.25, 0.3) is 0 Å². The third-order valence-corrected chi connectivity index (χ3v) is 2.25. The summed E-state index contributed by atoms with van der Waals surface area (Å²) >= 11 is 0. The molecule has 1 aromatic carbocycles. The molecule has 4 heteroatoms. The summed E-state index contributed by atoms with van der Waals surface area (Å²) in [7, 11) is 0. The van der Waals surface area contributed by atoms with Crippen LogP contribution in [-0.2, 0) is 6.42 Å². The van der Waals surface area contributed by atoms with Crippen molar-refractivity contribution < 1.29 is 13.2 Å². The minimum Gasteiger partial charge on any atom is -0.227 e. The van der Waals surface area contributed by atoms with Crippen molar-refractivity contribution in [3.63, 3.8) is 0 Å². The number of halogens is 3. The molecule has 0 spiro atoms. The highest BCUT2D eigenvalue weighted by Gasteiger charge is 2.28. The summed E-state index contributed by atoms with van der Waals surface area (Å²) in [5, 5.41) is 8.57. The largest absolute Gasteiger partial charge is 0.227 e. The van der Waals surface area contributed by atoms with E-state index in [1.165, 1.54) is 13.0 Å². The second kappa shape index (κ2) is 4.35. The fourth-order valence-corrected chi connectivity index (χ4v) is 1.21. The summed E-state index contributed by atoms with van der Waals surface area (Å²) in [6.07, 6.45) is -0.383.